The lowest BCUT2D eigenvalue weighted by atomic mass is 10.1. The van der Waals surface area contributed by atoms with Crippen molar-refractivity contribution in [2.24, 2.45) is 10.8 Å². The molecule has 0 saturated heterocycles. The molecule has 1 heterocycles. The Morgan fingerprint density at radius 1 is 1.28 bits per heavy atom. The minimum Gasteiger partial charge on any atom is -0.497 e. The third kappa shape index (κ3) is 3.06. The van der Waals surface area contributed by atoms with E-state index in [0.717, 1.165) is 16.0 Å². The van der Waals surface area contributed by atoms with Crippen LogP contribution in [0, 0.1) is 11.5 Å². The van der Waals surface area contributed by atoms with E-state index in [1.807, 2.05) is 30.5 Å². The molecule has 3 N–H and O–H groups in total. The second-order valence-electron chi connectivity index (χ2n) is 5.16. The Morgan fingerprint density at radius 3 is 2.72 bits per heavy atom. The zero-order valence-corrected chi connectivity index (χ0v) is 13.4. The van der Waals surface area contributed by atoms with Crippen LogP contribution in [0.25, 0.3) is 5.70 Å². The standard InChI is InChI=1S/C18H15N5O2/c1-25-13-6-4-5-12(9-13)23(11-19)17(24)10-16-14-7-2-3-8-15(14)18(21-16)22-20/h2-10H,20H2,1H3,(H,21,22)/b16-10-. The largest absolute Gasteiger partial charge is 0.497 e. The zero-order valence-electron chi connectivity index (χ0n) is 13.4. The number of nitrogens with zero attached hydrogens (tertiary/aromatic N) is 3. The van der Waals surface area contributed by atoms with Crippen LogP contribution in [0.3, 0.4) is 0 Å². The van der Waals surface area contributed by atoms with Crippen LogP contribution in [0.5, 0.6) is 5.75 Å². The number of nitrogens with two attached hydrogens (primary N) is 1. The van der Waals surface area contributed by atoms with Gasteiger partial charge in [0.2, 0.25) is 0 Å². The van der Waals surface area contributed by atoms with Gasteiger partial charge in [0, 0.05) is 23.3 Å². The van der Waals surface area contributed by atoms with Crippen molar-refractivity contribution in [1.82, 2.24) is 5.43 Å². The van der Waals surface area contributed by atoms with Crippen LogP contribution < -0.4 is 20.9 Å². The van der Waals surface area contributed by atoms with Gasteiger partial charge in [0.1, 0.15) is 11.6 Å². The normalized spacial score (nSPS) is 13.6. The van der Waals surface area contributed by atoms with Crippen LogP contribution in [0.4, 0.5) is 5.69 Å². The first kappa shape index (κ1) is 16.2. The number of amidine groups is 1. The highest BCUT2D eigenvalue weighted by molar-refractivity contribution is 6.14. The molecule has 2 aromatic rings. The van der Waals surface area contributed by atoms with Crippen molar-refractivity contribution in [1.29, 1.82) is 5.26 Å². The van der Waals surface area contributed by atoms with Gasteiger partial charge in [-0.3, -0.25) is 4.79 Å². The maximum absolute atomic E-state index is 12.6. The lowest BCUT2D eigenvalue weighted by Gasteiger charge is -2.12. The molecule has 3 rings (SSSR count). The van der Waals surface area contributed by atoms with Crippen molar-refractivity contribution in [3.05, 3.63) is 65.7 Å². The van der Waals surface area contributed by atoms with Gasteiger partial charge in [0.05, 0.1) is 18.5 Å². The molecule has 0 saturated carbocycles. The fraction of sp³-hybridized carbons (Fsp3) is 0.0556. The molecule has 0 radical (unpaired) electrons. The summed E-state index contributed by atoms with van der Waals surface area (Å²) in [5, 5.41) is 9.40. The Bertz CT molecular complexity index is 927. The SMILES string of the molecule is COc1cccc(N(C#N)C(=O)/C=C2\N=C(NN)c3ccccc32)c1. The van der Waals surface area contributed by atoms with E-state index in [1.165, 1.54) is 13.2 Å². The minimum atomic E-state index is -0.512. The van der Waals surface area contributed by atoms with Crippen molar-refractivity contribution in [2.75, 3.05) is 12.0 Å². The topological polar surface area (TPSA) is 104 Å². The molecule has 1 aliphatic rings. The second-order valence-corrected chi connectivity index (χ2v) is 5.16. The number of aliphatic imine (C=N–C) groups is 1. The van der Waals surface area contributed by atoms with Gasteiger partial charge < -0.3 is 10.2 Å². The van der Waals surface area contributed by atoms with E-state index in [9.17, 15) is 10.1 Å². The average molecular weight is 333 g/mol. The van der Waals surface area contributed by atoms with Gasteiger partial charge >= 0.3 is 0 Å². The van der Waals surface area contributed by atoms with E-state index in [0.29, 0.717) is 23.0 Å². The highest BCUT2D eigenvalue weighted by atomic mass is 16.5. The molecule has 0 aromatic heterocycles. The Kier molecular flexibility index (Phi) is 4.46. The number of fused-ring (bicyclic) bond motifs is 1. The Balaban J connectivity index is 1.96. The van der Waals surface area contributed by atoms with Crippen molar-refractivity contribution < 1.29 is 9.53 Å². The molecule has 7 heteroatoms. The predicted molar refractivity (Wildman–Crippen MR) is 94.4 cm³/mol. The van der Waals surface area contributed by atoms with Crippen LogP contribution in [0.2, 0.25) is 0 Å². The summed E-state index contributed by atoms with van der Waals surface area (Å²) in [6.45, 7) is 0. The highest BCUT2D eigenvalue weighted by Crippen LogP contribution is 2.28. The molecular weight excluding hydrogens is 318 g/mol. The summed E-state index contributed by atoms with van der Waals surface area (Å²) in [5.74, 6) is 5.99. The first-order chi connectivity index (χ1) is 12.2. The molecule has 124 valence electrons. The molecular formula is C18H15N5O2. The molecule has 0 spiro atoms. The Hall–Kier alpha value is -3.63. The molecule has 0 aliphatic carbocycles. The first-order valence-electron chi connectivity index (χ1n) is 7.42. The Labute approximate surface area is 144 Å². The molecule has 2 aromatic carbocycles. The summed E-state index contributed by atoms with van der Waals surface area (Å²) in [6.07, 6.45) is 3.20. The predicted octanol–water partition coefficient (Wildman–Crippen LogP) is 1.77. The highest BCUT2D eigenvalue weighted by Gasteiger charge is 2.22. The maximum atomic E-state index is 12.6. The zero-order chi connectivity index (χ0) is 17.8. The smallest absolute Gasteiger partial charge is 0.266 e. The van der Waals surface area contributed by atoms with Crippen molar-refractivity contribution in [2.45, 2.75) is 0 Å². The number of hydrogen-bond acceptors (Lipinski definition) is 6. The molecule has 1 amide bonds. The fourth-order valence-corrected chi connectivity index (χ4v) is 2.54. The van der Waals surface area contributed by atoms with E-state index in [1.54, 1.807) is 24.3 Å². The quantitative estimate of drug-likeness (QED) is 0.293. The fourth-order valence-electron chi connectivity index (χ4n) is 2.54. The van der Waals surface area contributed by atoms with E-state index in [2.05, 4.69) is 10.4 Å². The number of carbonyl (C=O) groups is 1. The molecule has 7 nitrogen and oxygen atoms in total. The number of hydrazine groups is 1. The molecule has 0 fully saturated rings. The van der Waals surface area contributed by atoms with Crippen LogP contribution in [0.15, 0.2) is 59.6 Å². The first-order valence-corrected chi connectivity index (χ1v) is 7.42. The number of hydrogen-bond donors (Lipinski definition) is 2. The van der Waals surface area contributed by atoms with Gasteiger partial charge in [0.25, 0.3) is 5.91 Å². The number of methoxy groups -OCH3 is 1. The van der Waals surface area contributed by atoms with Crippen LogP contribution >= 0.6 is 0 Å². The summed E-state index contributed by atoms with van der Waals surface area (Å²) >= 11 is 0. The maximum Gasteiger partial charge on any atom is 0.266 e. The lowest BCUT2D eigenvalue weighted by molar-refractivity contribution is -0.113. The van der Waals surface area contributed by atoms with E-state index < -0.39 is 5.91 Å². The summed E-state index contributed by atoms with van der Waals surface area (Å²) < 4.78 is 5.13. The second kappa shape index (κ2) is 6.86. The summed E-state index contributed by atoms with van der Waals surface area (Å²) in [6, 6.07) is 14.1. The number of ether oxygens (including phenoxy) is 1. The third-order valence-electron chi connectivity index (χ3n) is 3.72. The summed E-state index contributed by atoms with van der Waals surface area (Å²) in [4.78, 5) is 17.9. The van der Waals surface area contributed by atoms with Gasteiger partial charge in [-0.05, 0) is 12.1 Å². The van der Waals surface area contributed by atoms with Gasteiger partial charge in [-0.1, -0.05) is 30.3 Å². The average Bonchev–Trinajstić information content (AvgIpc) is 3.00. The van der Waals surface area contributed by atoms with Crippen LogP contribution in [-0.4, -0.2) is 18.9 Å². The molecule has 0 bridgehead atoms. The number of carbonyl (C=O) groups excluding carboxylic acids is 1. The van der Waals surface area contributed by atoms with E-state index in [4.69, 9.17) is 10.6 Å². The number of rotatable bonds is 3. The van der Waals surface area contributed by atoms with Gasteiger partial charge in [-0.15, -0.1) is 0 Å². The van der Waals surface area contributed by atoms with Crippen molar-refractivity contribution >= 4 is 23.1 Å². The monoisotopic (exact) mass is 333 g/mol. The van der Waals surface area contributed by atoms with Crippen molar-refractivity contribution in [3.63, 3.8) is 0 Å². The number of anilines is 1. The minimum absolute atomic E-state index is 0.413. The van der Waals surface area contributed by atoms with Gasteiger partial charge in [-0.2, -0.15) is 5.26 Å². The summed E-state index contributed by atoms with van der Waals surface area (Å²) in [5.41, 5.74) is 4.94. The number of amides is 1. The molecule has 25 heavy (non-hydrogen) atoms. The molecule has 1 aliphatic heterocycles. The van der Waals surface area contributed by atoms with E-state index >= 15 is 0 Å². The number of benzene rings is 2. The third-order valence-corrected chi connectivity index (χ3v) is 3.72. The summed E-state index contributed by atoms with van der Waals surface area (Å²) in [7, 11) is 1.52. The van der Waals surface area contributed by atoms with Gasteiger partial charge in [0.15, 0.2) is 6.19 Å². The Morgan fingerprint density at radius 2 is 2.04 bits per heavy atom. The van der Waals surface area contributed by atoms with Crippen LogP contribution in [-0.2, 0) is 4.79 Å². The lowest BCUT2D eigenvalue weighted by Crippen LogP contribution is -2.29. The number of nitriles is 1. The molecule has 0 atom stereocenters. The van der Waals surface area contributed by atoms with Crippen LogP contribution in [0.1, 0.15) is 11.1 Å². The van der Waals surface area contributed by atoms with E-state index in [-0.39, 0.29) is 0 Å². The van der Waals surface area contributed by atoms with Crippen molar-refractivity contribution in [3.8, 4) is 11.9 Å². The molecule has 0 unspecified atom stereocenters. The number of nitrogens with one attached hydrogen (secondary N) is 1. The van der Waals surface area contributed by atoms with Gasteiger partial charge in [-0.25, -0.2) is 15.7 Å².